The summed E-state index contributed by atoms with van der Waals surface area (Å²) < 4.78 is 16.9. The van der Waals surface area contributed by atoms with E-state index in [1.165, 1.54) is 205 Å². The highest BCUT2D eigenvalue weighted by molar-refractivity contribution is 5.71. The van der Waals surface area contributed by atoms with Crippen LogP contribution in [0.2, 0.25) is 0 Å². The number of allylic oxidation sites excluding steroid dienone is 12. The molecule has 1 unspecified atom stereocenters. The van der Waals surface area contributed by atoms with Crippen molar-refractivity contribution in [1.82, 2.24) is 0 Å². The van der Waals surface area contributed by atoms with Gasteiger partial charge in [0.05, 0.1) is 0 Å². The lowest BCUT2D eigenvalue weighted by Gasteiger charge is -2.18. The first-order valence-corrected chi connectivity index (χ1v) is 33.4. The summed E-state index contributed by atoms with van der Waals surface area (Å²) in [5.74, 6) is -0.869. The molecule has 0 aliphatic rings. The predicted octanol–water partition coefficient (Wildman–Crippen LogP) is 22.9. The molecular weight excluding hydrogens is 949 g/mol. The van der Waals surface area contributed by atoms with E-state index in [-0.39, 0.29) is 31.1 Å². The number of carbonyl (C=O) groups is 3. The maximum Gasteiger partial charge on any atom is 0.306 e. The standard InChI is InChI=1S/C71H126O6/c1-4-7-10-13-16-19-22-25-27-29-30-31-32-33-34-35-36-37-38-39-40-42-43-46-49-52-55-58-61-64-70(73)76-67-68(66-75-69(72)63-60-57-54-51-48-45-24-21-18-15-12-9-6-3)77-71(74)65-62-59-56-53-50-47-44-41-28-26-23-20-17-14-11-8-5-2/h8,11,17,20,22,25-26,28-30,32-33,68H,4-7,9-10,12-16,18-19,21,23-24,27,31,34-67H2,1-3H3/b11-8-,20-17-,25-22-,28-26-,30-29-,33-32-. The predicted molar refractivity (Wildman–Crippen MR) is 335 cm³/mol. The number of hydrogen-bond acceptors (Lipinski definition) is 6. The fraction of sp³-hybridized carbons (Fsp3) is 0.789. The van der Waals surface area contributed by atoms with Crippen LogP contribution in [0.1, 0.15) is 342 Å². The normalized spacial score (nSPS) is 12.5. The van der Waals surface area contributed by atoms with E-state index in [0.29, 0.717) is 19.3 Å². The quantitative estimate of drug-likeness (QED) is 0.0261. The van der Waals surface area contributed by atoms with Crippen LogP contribution in [0.5, 0.6) is 0 Å². The van der Waals surface area contributed by atoms with Gasteiger partial charge >= 0.3 is 17.9 Å². The Kier molecular flexibility index (Phi) is 62.7. The van der Waals surface area contributed by atoms with Gasteiger partial charge in [-0.2, -0.15) is 0 Å². The zero-order valence-electron chi connectivity index (χ0n) is 51.2. The summed E-state index contributed by atoms with van der Waals surface area (Å²) in [6.45, 7) is 6.55. The average molecular weight is 1080 g/mol. The highest BCUT2D eigenvalue weighted by Gasteiger charge is 2.19. The van der Waals surface area contributed by atoms with Crippen LogP contribution in [0.4, 0.5) is 0 Å². The van der Waals surface area contributed by atoms with Gasteiger partial charge in [-0.05, 0) is 89.9 Å². The fourth-order valence-electron chi connectivity index (χ4n) is 9.70. The molecule has 0 heterocycles. The van der Waals surface area contributed by atoms with Crippen molar-refractivity contribution in [2.24, 2.45) is 0 Å². The van der Waals surface area contributed by atoms with Gasteiger partial charge in [0, 0.05) is 19.3 Å². The molecule has 0 aliphatic heterocycles. The zero-order valence-corrected chi connectivity index (χ0v) is 51.2. The van der Waals surface area contributed by atoms with Crippen molar-refractivity contribution < 1.29 is 28.6 Å². The van der Waals surface area contributed by atoms with Gasteiger partial charge in [0.15, 0.2) is 6.10 Å². The maximum absolute atomic E-state index is 12.9. The molecule has 0 aromatic heterocycles. The van der Waals surface area contributed by atoms with Crippen LogP contribution < -0.4 is 0 Å². The van der Waals surface area contributed by atoms with Crippen molar-refractivity contribution in [2.75, 3.05) is 13.2 Å². The molecule has 1 atom stereocenters. The Morgan fingerprint density at radius 3 is 0.792 bits per heavy atom. The van der Waals surface area contributed by atoms with Crippen LogP contribution in [0.3, 0.4) is 0 Å². The molecule has 0 fully saturated rings. The van der Waals surface area contributed by atoms with Crippen LogP contribution in [0, 0.1) is 0 Å². The third-order valence-electron chi connectivity index (χ3n) is 14.7. The summed E-state index contributed by atoms with van der Waals surface area (Å²) >= 11 is 0. The molecule has 6 nitrogen and oxygen atoms in total. The molecule has 0 aromatic carbocycles. The summed E-state index contributed by atoms with van der Waals surface area (Å²) in [6.07, 6.45) is 84.9. The minimum atomic E-state index is -0.780. The first-order chi connectivity index (χ1) is 38.0. The first kappa shape index (κ1) is 73.8. The molecule has 0 amide bonds. The molecule has 446 valence electrons. The zero-order chi connectivity index (χ0) is 55.7. The SMILES string of the molecule is CC/C=C\C/C=C\C/C=C\CCCCCCCCCC(=O)OC(COC(=O)CCCCCCCCCCCCCCC)COC(=O)CCCCCCCCCCCCCCCC/C=C\C/C=C\C/C=C\CCCCCCC. The number of unbranched alkanes of at least 4 members (excludes halogenated alkanes) is 38. The van der Waals surface area contributed by atoms with E-state index < -0.39 is 6.10 Å². The maximum atomic E-state index is 12.9. The minimum absolute atomic E-state index is 0.0757. The van der Waals surface area contributed by atoms with Crippen LogP contribution in [0.15, 0.2) is 72.9 Å². The van der Waals surface area contributed by atoms with E-state index in [1.807, 2.05) is 0 Å². The van der Waals surface area contributed by atoms with Gasteiger partial charge in [0.25, 0.3) is 0 Å². The lowest BCUT2D eigenvalue weighted by Crippen LogP contribution is -2.30. The second-order valence-corrected chi connectivity index (χ2v) is 22.4. The molecule has 0 bridgehead atoms. The van der Waals surface area contributed by atoms with Crippen molar-refractivity contribution in [2.45, 2.75) is 348 Å². The lowest BCUT2D eigenvalue weighted by atomic mass is 10.0. The molecular formula is C71H126O6. The van der Waals surface area contributed by atoms with Gasteiger partial charge in [-0.15, -0.1) is 0 Å². The van der Waals surface area contributed by atoms with Crippen LogP contribution in [0.25, 0.3) is 0 Å². The molecule has 0 rings (SSSR count). The second-order valence-electron chi connectivity index (χ2n) is 22.4. The third kappa shape index (κ3) is 63.6. The highest BCUT2D eigenvalue weighted by Crippen LogP contribution is 2.17. The Balaban J connectivity index is 4.23. The van der Waals surface area contributed by atoms with Crippen molar-refractivity contribution in [1.29, 1.82) is 0 Å². The summed E-state index contributed by atoms with van der Waals surface area (Å²) in [4.78, 5) is 38.3. The van der Waals surface area contributed by atoms with E-state index in [4.69, 9.17) is 14.2 Å². The molecule has 0 radical (unpaired) electrons. The number of esters is 3. The van der Waals surface area contributed by atoms with Gasteiger partial charge in [-0.25, -0.2) is 0 Å². The molecule has 0 aliphatic carbocycles. The van der Waals surface area contributed by atoms with Gasteiger partial charge in [-0.3, -0.25) is 14.4 Å². The van der Waals surface area contributed by atoms with Gasteiger partial charge in [0.2, 0.25) is 0 Å². The highest BCUT2D eigenvalue weighted by atomic mass is 16.6. The van der Waals surface area contributed by atoms with Crippen LogP contribution in [-0.2, 0) is 28.6 Å². The number of ether oxygens (including phenoxy) is 3. The van der Waals surface area contributed by atoms with Crippen LogP contribution >= 0.6 is 0 Å². The summed E-state index contributed by atoms with van der Waals surface area (Å²) in [6, 6.07) is 0. The van der Waals surface area contributed by atoms with E-state index in [9.17, 15) is 14.4 Å². The minimum Gasteiger partial charge on any atom is -0.462 e. The Labute approximate surface area is 478 Å². The first-order valence-electron chi connectivity index (χ1n) is 33.4. The third-order valence-corrected chi connectivity index (χ3v) is 14.7. The number of rotatable bonds is 61. The number of carbonyl (C=O) groups excluding carboxylic acids is 3. The topological polar surface area (TPSA) is 78.9 Å². The molecule has 0 aromatic rings. The molecule has 0 saturated carbocycles. The average Bonchev–Trinajstić information content (AvgIpc) is 3.43. The summed E-state index contributed by atoms with van der Waals surface area (Å²) in [5, 5.41) is 0. The Hall–Kier alpha value is -3.15. The largest absolute Gasteiger partial charge is 0.462 e. The van der Waals surface area contributed by atoms with E-state index in [0.717, 1.165) is 96.3 Å². The van der Waals surface area contributed by atoms with Crippen molar-refractivity contribution in [3.05, 3.63) is 72.9 Å². The fourth-order valence-corrected chi connectivity index (χ4v) is 9.70. The van der Waals surface area contributed by atoms with E-state index in [2.05, 4.69) is 93.7 Å². The molecule has 77 heavy (non-hydrogen) atoms. The van der Waals surface area contributed by atoms with Crippen molar-refractivity contribution >= 4 is 17.9 Å². The Morgan fingerprint density at radius 2 is 0.506 bits per heavy atom. The van der Waals surface area contributed by atoms with Gasteiger partial charge in [-0.1, -0.05) is 306 Å². The summed E-state index contributed by atoms with van der Waals surface area (Å²) in [5.41, 5.74) is 0. The van der Waals surface area contributed by atoms with Gasteiger partial charge < -0.3 is 14.2 Å². The lowest BCUT2D eigenvalue weighted by molar-refractivity contribution is -0.167. The van der Waals surface area contributed by atoms with Crippen LogP contribution in [-0.4, -0.2) is 37.2 Å². The molecule has 6 heteroatoms. The second kappa shape index (κ2) is 65.4. The van der Waals surface area contributed by atoms with Crippen molar-refractivity contribution in [3.8, 4) is 0 Å². The monoisotopic (exact) mass is 1070 g/mol. The van der Waals surface area contributed by atoms with E-state index >= 15 is 0 Å². The molecule has 0 saturated heterocycles. The Morgan fingerprint density at radius 1 is 0.273 bits per heavy atom. The van der Waals surface area contributed by atoms with E-state index in [1.54, 1.807) is 0 Å². The summed E-state index contributed by atoms with van der Waals surface area (Å²) in [7, 11) is 0. The molecule has 0 spiro atoms. The molecule has 0 N–H and O–H groups in total. The smallest absolute Gasteiger partial charge is 0.306 e. The van der Waals surface area contributed by atoms with Gasteiger partial charge in [0.1, 0.15) is 13.2 Å². The Bertz CT molecular complexity index is 1420. The number of hydrogen-bond donors (Lipinski definition) is 0. The van der Waals surface area contributed by atoms with Crippen molar-refractivity contribution in [3.63, 3.8) is 0 Å².